The number of hydrogen-bond donors (Lipinski definition) is 1. The van der Waals surface area contributed by atoms with Gasteiger partial charge in [0.2, 0.25) is 0 Å². The van der Waals surface area contributed by atoms with Gasteiger partial charge in [0.05, 0.1) is 12.3 Å². The highest BCUT2D eigenvalue weighted by molar-refractivity contribution is 7.53. The van der Waals surface area contributed by atoms with Gasteiger partial charge in [0.1, 0.15) is 0 Å². The van der Waals surface area contributed by atoms with Gasteiger partial charge in [-0.15, -0.1) is 0 Å². The van der Waals surface area contributed by atoms with Crippen LogP contribution in [0.4, 0.5) is 0 Å². The van der Waals surface area contributed by atoms with E-state index < -0.39 is 13.7 Å². The first-order valence-corrected chi connectivity index (χ1v) is 6.19. The van der Waals surface area contributed by atoms with Gasteiger partial charge < -0.3 is 14.2 Å². The monoisotopic (exact) mass is 210 g/mol. The molecular formula is C8H19O4P. The van der Waals surface area contributed by atoms with Gasteiger partial charge in [0, 0.05) is 14.2 Å². The molecule has 5 heteroatoms. The Morgan fingerprint density at radius 1 is 1.38 bits per heavy atom. The smallest absolute Gasteiger partial charge is 0.332 e. The molecule has 0 spiro atoms. The molecule has 0 heterocycles. The quantitative estimate of drug-likeness (QED) is 0.653. The largest absolute Gasteiger partial charge is 0.392 e. The highest BCUT2D eigenvalue weighted by atomic mass is 31.2. The Morgan fingerprint density at radius 2 is 1.92 bits per heavy atom. The fraction of sp³-hybridized carbons (Fsp3) is 1.00. The molecule has 0 bridgehead atoms. The van der Waals surface area contributed by atoms with E-state index in [1.54, 1.807) is 0 Å². The van der Waals surface area contributed by atoms with Crippen LogP contribution in [0, 0.1) is 0 Å². The van der Waals surface area contributed by atoms with Crippen molar-refractivity contribution in [1.82, 2.24) is 0 Å². The lowest BCUT2D eigenvalue weighted by Gasteiger charge is -2.17. The summed E-state index contributed by atoms with van der Waals surface area (Å²) in [6, 6.07) is 0. The van der Waals surface area contributed by atoms with Crippen molar-refractivity contribution in [3.63, 3.8) is 0 Å². The van der Waals surface area contributed by atoms with E-state index in [-0.39, 0.29) is 6.16 Å². The van der Waals surface area contributed by atoms with Gasteiger partial charge in [0.25, 0.3) is 0 Å². The molecule has 0 aliphatic carbocycles. The Hall–Kier alpha value is 0.110. The fourth-order valence-corrected chi connectivity index (χ4v) is 2.16. The van der Waals surface area contributed by atoms with E-state index >= 15 is 0 Å². The Bertz CT molecular complexity index is 164. The van der Waals surface area contributed by atoms with E-state index in [2.05, 4.69) is 0 Å². The zero-order valence-electron chi connectivity index (χ0n) is 8.52. The Morgan fingerprint density at radius 3 is 2.31 bits per heavy atom. The minimum atomic E-state index is -3.03. The SMILES string of the molecule is CCCC[C@@H](O)CP(=O)(OC)OC. The molecule has 13 heavy (non-hydrogen) atoms. The molecule has 0 saturated heterocycles. The summed E-state index contributed by atoms with van der Waals surface area (Å²) in [5.74, 6) is 0. The van der Waals surface area contributed by atoms with Gasteiger partial charge in [-0.2, -0.15) is 0 Å². The summed E-state index contributed by atoms with van der Waals surface area (Å²) in [7, 11) is -0.367. The Kier molecular flexibility index (Phi) is 6.60. The summed E-state index contributed by atoms with van der Waals surface area (Å²) in [4.78, 5) is 0. The highest BCUT2D eigenvalue weighted by Gasteiger charge is 2.24. The van der Waals surface area contributed by atoms with Crippen molar-refractivity contribution in [2.75, 3.05) is 20.4 Å². The number of rotatable bonds is 7. The topological polar surface area (TPSA) is 55.8 Å². The summed E-state index contributed by atoms with van der Waals surface area (Å²) in [6.45, 7) is 2.04. The van der Waals surface area contributed by atoms with Crippen LogP contribution in [-0.4, -0.2) is 31.6 Å². The van der Waals surface area contributed by atoms with Crippen LogP contribution in [-0.2, 0) is 13.6 Å². The Balaban J connectivity index is 3.87. The van der Waals surface area contributed by atoms with Gasteiger partial charge in [-0.25, -0.2) is 0 Å². The van der Waals surface area contributed by atoms with Crippen LogP contribution < -0.4 is 0 Å². The first kappa shape index (κ1) is 13.1. The fourth-order valence-electron chi connectivity index (χ4n) is 1.01. The highest BCUT2D eigenvalue weighted by Crippen LogP contribution is 2.47. The number of unbranched alkanes of at least 4 members (excludes halogenated alkanes) is 1. The molecule has 0 saturated carbocycles. The number of aliphatic hydroxyl groups excluding tert-OH is 1. The zero-order chi connectivity index (χ0) is 10.3. The minimum absolute atomic E-state index is 0.0833. The maximum atomic E-state index is 11.5. The zero-order valence-corrected chi connectivity index (χ0v) is 9.42. The van der Waals surface area contributed by atoms with Crippen molar-refractivity contribution < 1.29 is 18.7 Å². The molecule has 0 amide bonds. The molecule has 0 aromatic rings. The van der Waals surface area contributed by atoms with E-state index in [1.807, 2.05) is 6.92 Å². The van der Waals surface area contributed by atoms with E-state index in [9.17, 15) is 9.67 Å². The predicted octanol–water partition coefficient (Wildman–Crippen LogP) is 2.02. The molecule has 1 atom stereocenters. The molecule has 80 valence electrons. The normalized spacial score (nSPS) is 14.5. The van der Waals surface area contributed by atoms with Crippen LogP contribution in [0.3, 0.4) is 0 Å². The van der Waals surface area contributed by atoms with Crippen molar-refractivity contribution >= 4 is 7.60 Å². The lowest BCUT2D eigenvalue weighted by atomic mass is 10.2. The molecule has 0 fully saturated rings. The Labute approximate surface area is 79.8 Å². The molecule has 0 aromatic heterocycles. The van der Waals surface area contributed by atoms with E-state index in [0.29, 0.717) is 6.42 Å². The molecule has 0 unspecified atom stereocenters. The molecule has 0 rings (SSSR count). The third-order valence-electron chi connectivity index (χ3n) is 1.88. The first-order chi connectivity index (χ1) is 6.08. The standard InChI is InChI=1S/C8H19O4P/c1-4-5-6-8(9)7-13(10,11-2)12-3/h8-9H,4-7H2,1-3H3/t8-/m1/s1. The van der Waals surface area contributed by atoms with Gasteiger partial charge in [0.15, 0.2) is 0 Å². The van der Waals surface area contributed by atoms with Crippen molar-refractivity contribution in [1.29, 1.82) is 0 Å². The van der Waals surface area contributed by atoms with Crippen LogP contribution in [0.5, 0.6) is 0 Å². The van der Waals surface area contributed by atoms with Crippen LogP contribution in [0.2, 0.25) is 0 Å². The summed E-state index contributed by atoms with van der Waals surface area (Å²) >= 11 is 0. The molecular weight excluding hydrogens is 191 g/mol. The molecule has 0 aliphatic heterocycles. The van der Waals surface area contributed by atoms with Crippen molar-refractivity contribution in [3.8, 4) is 0 Å². The van der Waals surface area contributed by atoms with E-state index in [1.165, 1.54) is 14.2 Å². The van der Waals surface area contributed by atoms with Gasteiger partial charge in [-0.3, -0.25) is 4.57 Å². The molecule has 4 nitrogen and oxygen atoms in total. The van der Waals surface area contributed by atoms with E-state index in [0.717, 1.165) is 12.8 Å². The molecule has 0 aliphatic rings. The van der Waals surface area contributed by atoms with Crippen LogP contribution in [0.1, 0.15) is 26.2 Å². The van der Waals surface area contributed by atoms with Crippen molar-refractivity contribution in [2.24, 2.45) is 0 Å². The van der Waals surface area contributed by atoms with Gasteiger partial charge in [-0.1, -0.05) is 19.8 Å². The van der Waals surface area contributed by atoms with Crippen molar-refractivity contribution in [2.45, 2.75) is 32.3 Å². The van der Waals surface area contributed by atoms with E-state index in [4.69, 9.17) is 9.05 Å². The second-order valence-corrected chi connectivity index (χ2v) is 5.27. The second kappa shape index (κ2) is 6.55. The second-order valence-electron chi connectivity index (χ2n) is 2.95. The summed E-state index contributed by atoms with van der Waals surface area (Å²) in [5.41, 5.74) is 0. The van der Waals surface area contributed by atoms with Crippen LogP contribution in [0.15, 0.2) is 0 Å². The molecule has 0 radical (unpaired) electrons. The lowest BCUT2D eigenvalue weighted by molar-refractivity contribution is 0.169. The average Bonchev–Trinajstić information content (AvgIpc) is 2.14. The lowest BCUT2D eigenvalue weighted by Crippen LogP contribution is -2.13. The number of aliphatic hydroxyl groups is 1. The first-order valence-electron chi connectivity index (χ1n) is 4.46. The van der Waals surface area contributed by atoms with Gasteiger partial charge >= 0.3 is 7.60 Å². The molecule has 0 aromatic carbocycles. The number of hydrogen-bond acceptors (Lipinski definition) is 4. The van der Waals surface area contributed by atoms with Crippen molar-refractivity contribution in [3.05, 3.63) is 0 Å². The maximum absolute atomic E-state index is 11.5. The predicted molar refractivity (Wildman–Crippen MR) is 52.0 cm³/mol. The van der Waals surface area contributed by atoms with Crippen LogP contribution in [0.25, 0.3) is 0 Å². The summed E-state index contributed by atoms with van der Waals surface area (Å²) < 4.78 is 20.9. The van der Waals surface area contributed by atoms with Crippen LogP contribution >= 0.6 is 7.60 Å². The molecule has 1 N–H and O–H groups in total. The summed E-state index contributed by atoms with van der Waals surface area (Å²) in [5, 5.41) is 9.45. The average molecular weight is 210 g/mol. The maximum Gasteiger partial charge on any atom is 0.332 e. The third kappa shape index (κ3) is 5.42. The minimum Gasteiger partial charge on any atom is -0.392 e. The third-order valence-corrected chi connectivity index (χ3v) is 3.86. The summed E-state index contributed by atoms with van der Waals surface area (Å²) in [6.07, 6.45) is 2.08. The van der Waals surface area contributed by atoms with Gasteiger partial charge in [-0.05, 0) is 6.42 Å².